The van der Waals surface area contributed by atoms with Gasteiger partial charge in [-0.15, -0.1) is 0 Å². The Kier molecular flexibility index (Phi) is 19.0. The van der Waals surface area contributed by atoms with E-state index in [1.807, 2.05) is 13.8 Å². The standard InChI is InChI=1S/C40H54ClF3N8O9S/c1-6-23(5)33(50-34(54)28(17-22(3)4)48-35(55)30-21-46-15-16-47-30)36(56)49-29(18-24-11-9-8-10-12-24)38(58)52(32(53)20-26(45)7-2)39(59)37(57)51-62(60,61)31-19-25(40(42,43)44)13-14-27(31)41/h13-16,19,21-24,26,28-29,33H,6-12,17-18,20,45H2,1-5H3,(H,48,55)(H,49,56)(H,50,54)(H,51,57)/t23-,26?,28-,29-,33-/m0/s1. The summed E-state index contributed by atoms with van der Waals surface area (Å²) in [5.74, 6) is -10.2. The predicted molar refractivity (Wildman–Crippen MR) is 219 cm³/mol. The number of amides is 7. The van der Waals surface area contributed by atoms with Crippen LogP contribution < -0.4 is 26.4 Å². The van der Waals surface area contributed by atoms with E-state index in [-0.39, 0.29) is 47.8 Å². The first-order valence-electron chi connectivity index (χ1n) is 20.3. The van der Waals surface area contributed by atoms with E-state index in [9.17, 15) is 55.2 Å². The van der Waals surface area contributed by atoms with Crippen LogP contribution in [0.2, 0.25) is 5.02 Å². The van der Waals surface area contributed by atoms with Crippen LogP contribution in [-0.4, -0.2) is 88.8 Å². The molecule has 7 amide bonds. The van der Waals surface area contributed by atoms with Crippen molar-refractivity contribution in [2.75, 3.05) is 0 Å². The summed E-state index contributed by atoms with van der Waals surface area (Å²) in [7, 11) is -5.34. The summed E-state index contributed by atoms with van der Waals surface area (Å²) in [6.07, 6.45) is 2.21. The van der Waals surface area contributed by atoms with E-state index in [2.05, 4.69) is 25.9 Å². The lowest BCUT2D eigenvalue weighted by Gasteiger charge is -2.32. The summed E-state index contributed by atoms with van der Waals surface area (Å²) in [6.45, 7) is 8.59. The van der Waals surface area contributed by atoms with Crippen LogP contribution in [0.4, 0.5) is 13.2 Å². The molecule has 2 aromatic rings. The number of carbonyl (C=O) groups excluding carboxylic acids is 7. The number of nitrogens with two attached hydrogens (primary N) is 1. The normalized spacial score (nSPS) is 15.9. The molecule has 0 radical (unpaired) electrons. The van der Waals surface area contributed by atoms with Gasteiger partial charge in [-0.3, -0.25) is 38.5 Å². The monoisotopic (exact) mass is 914 g/mol. The maximum absolute atomic E-state index is 14.5. The van der Waals surface area contributed by atoms with E-state index in [1.54, 1.807) is 20.8 Å². The van der Waals surface area contributed by atoms with Crippen LogP contribution in [0.5, 0.6) is 0 Å². The van der Waals surface area contributed by atoms with E-state index in [0.717, 1.165) is 19.3 Å². The summed E-state index contributed by atoms with van der Waals surface area (Å²) >= 11 is 5.88. The summed E-state index contributed by atoms with van der Waals surface area (Å²) in [6, 6.07) is -3.92. The van der Waals surface area contributed by atoms with Crippen LogP contribution in [0.3, 0.4) is 0 Å². The van der Waals surface area contributed by atoms with Crippen molar-refractivity contribution in [3.8, 4) is 0 Å². The van der Waals surface area contributed by atoms with Crippen molar-refractivity contribution < 1.29 is 55.2 Å². The Labute approximate surface area is 363 Å². The SMILES string of the molecule is CCC(N)CC(=O)N(C(=O)C(=O)NS(=O)(=O)c1cc(C(F)(F)F)ccc1Cl)C(=O)[C@H](CC1CCCCC1)NC(=O)[C@@H](NC(=O)[C@H](CC(C)C)NC(=O)c1cnccn1)[C@@H](C)CC. The summed E-state index contributed by atoms with van der Waals surface area (Å²) in [5.41, 5.74) is 4.47. The van der Waals surface area contributed by atoms with Crippen LogP contribution in [0, 0.1) is 17.8 Å². The molecule has 6 N–H and O–H groups in total. The Bertz CT molecular complexity index is 2050. The van der Waals surface area contributed by atoms with E-state index in [1.165, 1.54) is 23.3 Å². The van der Waals surface area contributed by atoms with Gasteiger partial charge >= 0.3 is 18.0 Å². The molecule has 5 atom stereocenters. The second-order valence-corrected chi connectivity index (χ2v) is 17.8. The van der Waals surface area contributed by atoms with Gasteiger partial charge in [0.15, 0.2) is 0 Å². The number of hydrogen-bond donors (Lipinski definition) is 5. The molecule has 1 saturated carbocycles. The minimum atomic E-state index is -5.34. The number of benzene rings is 1. The van der Waals surface area contributed by atoms with Crippen molar-refractivity contribution in [2.24, 2.45) is 23.5 Å². The van der Waals surface area contributed by atoms with Gasteiger partial charge in [0.25, 0.3) is 21.8 Å². The van der Waals surface area contributed by atoms with Crippen molar-refractivity contribution in [2.45, 2.75) is 134 Å². The van der Waals surface area contributed by atoms with E-state index in [0.29, 0.717) is 31.4 Å². The lowest BCUT2D eigenvalue weighted by molar-refractivity contribution is -0.160. The van der Waals surface area contributed by atoms with Crippen LogP contribution >= 0.6 is 11.6 Å². The van der Waals surface area contributed by atoms with Crippen LogP contribution in [0.25, 0.3) is 0 Å². The third-order valence-electron chi connectivity index (χ3n) is 10.4. The van der Waals surface area contributed by atoms with Gasteiger partial charge in [0, 0.05) is 24.9 Å². The second kappa shape index (κ2) is 22.9. The molecule has 1 fully saturated rings. The van der Waals surface area contributed by atoms with Crippen molar-refractivity contribution in [1.82, 2.24) is 35.5 Å². The summed E-state index contributed by atoms with van der Waals surface area (Å²) in [5, 5.41) is 7.12. The number of nitrogens with zero attached hydrogens (tertiary/aromatic N) is 3. The molecule has 0 aliphatic heterocycles. The highest BCUT2D eigenvalue weighted by molar-refractivity contribution is 7.90. The minimum absolute atomic E-state index is 0.0615. The van der Waals surface area contributed by atoms with Crippen molar-refractivity contribution >= 4 is 63.0 Å². The van der Waals surface area contributed by atoms with E-state index < -0.39 is 110 Å². The Balaban J connectivity index is 2.02. The number of nitrogens with one attached hydrogen (secondary N) is 4. The van der Waals surface area contributed by atoms with E-state index in [4.69, 9.17) is 17.3 Å². The highest BCUT2D eigenvalue weighted by Crippen LogP contribution is 2.33. The average molecular weight is 915 g/mol. The Hall–Kier alpha value is -5.02. The molecule has 1 unspecified atom stereocenters. The van der Waals surface area contributed by atoms with Crippen molar-refractivity contribution in [3.63, 3.8) is 0 Å². The van der Waals surface area contributed by atoms with Gasteiger partial charge in [0.2, 0.25) is 17.7 Å². The molecule has 1 aromatic carbocycles. The Morgan fingerprint density at radius 2 is 1.58 bits per heavy atom. The molecule has 62 heavy (non-hydrogen) atoms. The van der Waals surface area contributed by atoms with Gasteiger partial charge in [0.1, 0.15) is 28.7 Å². The average Bonchev–Trinajstić information content (AvgIpc) is 3.21. The first-order chi connectivity index (χ1) is 29.0. The number of alkyl halides is 3. The number of hydrogen-bond acceptors (Lipinski definition) is 12. The number of aromatic nitrogens is 2. The lowest BCUT2D eigenvalue weighted by atomic mass is 9.84. The zero-order valence-electron chi connectivity index (χ0n) is 35.1. The first-order valence-corrected chi connectivity index (χ1v) is 22.1. The maximum atomic E-state index is 14.5. The molecule has 1 aliphatic carbocycles. The van der Waals surface area contributed by atoms with Crippen molar-refractivity contribution in [3.05, 3.63) is 53.1 Å². The largest absolute Gasteiger partial charge is 0.416 e. The number of rotatable bonds is 18. The second-order valence-electron chi connectivity index (χ2n) is 15.7. The van der Waals surface area contributed by atoms with Crippen LogP contribution in [0.15, 0.2) is 41.7 Å². The quantitative estimate of drug-likeness (QED) is 0.134. The third-order valence-corrected chi connectivity index (χ3v) is 12.2. The first kappa shape index (κ1) is 51.3. The fourth-order valence-electron chi connectivity index (χ4n) is 6.71. The zero-order chi connectivity index (χ0) is 46.5. The van der Waals surface area contributed by atoms with Crippen LogP contribution in [0.1, 0.15) is 115 Å². The third kappa shape index (κ3) is 14.5. The predicted octanol–water partition coefficient (Wildman–Crippen LogP) is 3.79. The smallest absolute Gasteiger partial charge is 0.342 e. The van der Waals surface area contributed by atoms with Gasteiger partial charge in [-0.05, 0) is 55.2 Å². The highest BCUT2D eigenvalue weighted by atomic mass is 35.5. The summed E-state index contributed by atoms with van der Waals surface area (Å²) < 4.78 is 68.1. The Morgan fingerprint density at radius 3 is 2.15 bits per heavy atom. The molecule has 0 spiro atoms. The zero-order valence-corrected chi connectivity index (χ0v) is 36.7. The van der Waals surface area contributed by atoms with Crippen LogP contribution in [-0.2, 0) is 45.0 Å². The fraction of sp³-hybridized carbons (Fsp3) is 0.575. The minimum Gasteiger partial charge on any atom is -0.342 e. The number of carbonyl (C=O) groups is 7. The molecule has 1 heterocycles. The van der Waals surface area contributed by atoms with Gasteiger partial charge < -0.3 is 21.7 Å². The van der Waals surface area contributed by atoms with Gasteiger partial charge in [-0.2, -0.15) is 13.2 Å². The molecular weight excluding hydrogens is 861 g/mol. The fourth-order valence-corrected chi connectivity index (χ4v) is 8.18. The molecule has 342 valence electrons. The molecule has 0 bridgehead atoms. The van der Waals surface area contributed by atoms with Gasteiger partial charge in [-0.1, -0.05) is 84.7 Å². The number of sulfonamides is 1. The molecule has 0 saturated heterocycles. The molecule has 22 heteroatoms. The molecular formula is C40H54ClF3N8O9S. The number of imide groups is 3. The van der Waals surface area contributed by atoms with Gasteiger partial charge in [-0.25, -0.2) is 23.0 Å². The molecule has 17 nitrogen and oxygen atoms in total. The van der Waals surface area contributed by atoms with Crippen molar-refractivity contribution in [1.29, 1.82) is 0 Å². The lowest BCUT2D eigenvalue weighted by Crippen LogP contribution is -2.61. The highest BCUT2D eigenvalue weighted by Gasteiger charge is 2.42. The number of halogens is 4. The van der Waals surface area contributed by atoms with E-state index >= 15 is 0 Å². The maximum Gasteiger partial charge on any atom is 0.416 e. The topological polar surface area (TPSA) is 257 Å². The molecule has 3 rings (SSSR count). The molecule has 1 aliphatic rings. The van der Waals surface area contributed by atoms with Gasteiger partial charge in [0.05, 0.1) is 16.8 Å². The Morgan fingerprint density at radius 1 is 0.919 bits per heavy atom. The summed E-state index contributed by atoms with van der Waals surface area (Å²) in [4.78, 5) is 103. The molecule has 1 aromatic heterocycles.